The Morgan fingerprint density at radius 2 is 2.00 bits per heavy atom. The number of aldehydes is 1. The van der Waals surface area contributed by atoms with Gasteiger partial charge in [0.2, 0.25) is 0 Å². The van der Waals surface area contributed by atoms with Gasteiger partial charge in [-0.3, -0.25) is 4.79 Å². The first kappa shape index (κ1) is 7.66. The highest BCUT2D eigenvalue weighted by molar-refractivity contribution is 5.62. The summed E-state index contributed by atoms with van der Waals surface area (Å²) in [5, 5.41) is 0. The molecule has 2 nitrogen and oxygen atoms in total. The fraction of sp³-hybridized carbons (Fsp3) is 0.857. The third kappa shape index (κ3) is 1.53. The zero-order chi connectivity index (χ0) is 7.61. The van der Waals surface area contributed by atoms with Crippen molar-refractivity contribution in [2.75, 3.05) is 20.1 Å². The van der Waals surface area contributed by atoms with E-state index in [1.165, 1.54) is 0 Å². The van der Waals surface area contributed by atoms with Crippen molar-refractivity contribution in [3.8, 4) is 0 Å². The maximum absolute atomic E-state index is 13.1. The van der Waals surface area contributed by atoms with E-state index in [0.717, 1.165) is 0 Å². The molecule has 58 valence electrons. The van der Waals surface area contributed by atoms with Crippen LogP contribution in [0.15, 0.2) is 0 Å². The van der Waals surface area contributed by atoms with Gasteiger partial charge >= 0.3 is 0 Å². The number of piperidine rings is 1. The van der Waals surface area contributed by atoms with Crippen molar-refractivity contribution < 1.29 is 9.18 Å². The molecule has 0 bridgehead atoms. The lowest BCUT2D eigenvalue weighted by Crippen LogP contribution is -2.40. The normalized spacial score (nSPS) is 26.2. The monoisotopic (exact) mass is 145 g/mol. The van der Waals surface area contributed by atoms with Crippen LogP contribution in [0.4, 0.5) is 4.39 Å². The van der Waals surface area contributed by atoms with Crippen molar-refractivity contribution in [3.05, 3.63) is 0 Å². The van der Waals surface area contributed by atoms with Crippen LogP contribution in [-0.4, -0.2) is 37.0 Å². The lowest BCUT2D eigenvalue weighted by Gasteiger charge is -2.30. The van der Waals surface area contributed by atoms with Gasteiger partial charge in [0.15, 0.2) is 12.0 Å². The minimum Gasteiger partial charge on any atom is -0.306 e. The first-order valence-electron chi connectivity index (χ1n) is 3.50. The summed E-state index contributed by atoms with van der Waals surface area (Å²) < 4.78 is 13.1. The van der Waals surface area contributed by atoms with Gasteiger partial charge in [-0.2, -0.15) is 0 Å². The van der Waals surface area contributed by atoms with Gasteiger partial charge in [0.05, 0.1) is 0 Å². The fourth-order valence-electron chi connectivity index (χ4n) is 1.11. The molecule has 1 aliphatic heterocycles. The molecule has 0 aromatic carbocycles. The molecular formula is C7H12FNO. The number of likely N-dealkylation sites (tertiary alicyclic amines) is 1. The summed E-state index contributed by atoms with van der Waals surface area (Å²) in [6.07, 6.45) is 1.15. The zero-order valence-electron chi connectivity index (χ0n) is 6.14. The lowest BCUT2D eigenvalue weighted by atomic mass is 9.96. The predicted octanol–water partition coefficient (Wildman–Crippen LogP) is 0.619. The average Bonchev–Trinajstić information content (AvgIpc) is 1.96. The van der Waals surface area contributed by atoms with E-state index in [9.17, 15) is 9.18 Å². The third-order valence-electron chi connectivity index (χ3n) is 2.03. The van der Waals surface area contributed by atoms with E-state index in [2.05, 4.69) is 0 Å². The van der Waals surface area contributed by atoms with E-state index < -0.39 is 5.67 Å². The summed E-state index contributed by atoms with van der Waals surface area (Å²) in [6.45, 7) is 1.38. The second-order valence-corrected chi connectivity index (χ2v) is 2.96. The Bertz CT molecular complexity index is 130. The van der Waals surface area contributed by atoms with Gasteiger partial charge < -0.3 is 4.90 Å². The number of hydrogen-bond donors (Lipinski definition) is 0. The molecule has 0 radical (unpaired) electrons. The van der Waals surface area contributed by atoms with Crippen LogP contribution in [0.5, 0.6) is 0 Å². The first-order chi connectivity index (χ1) is 4.66. The van der Waals surface area contributed by atoms with E-state index in [0.29, 0.717) is 32.2 Å². The molecule has 10 heavy (non-hydrogen) atoms. The molecule has 0 saturated carbocycles. The number of nitrogens with zero attached hydrogens (tertiary/aromatic N) is 1. The maximum Gasteiger partial charge on any atom is 0.168 e. The van der Waals surface area contributed by atoms with Crippen molar-refractivity contribution in [1.29, 1.82) is 0 Å². The summed E-state index contributed by atoms with van der Waals surface area (Å²) >= 11 is 0. The first-order valence-corrected chi connectivity index (χ1v) is 3.50. The fourth-order valence-corrected chi connectivity index (χ4v) is 1.11. The maximum atomic E-state index is 13.1. The molecule has 1 aliphatic rings. The standard InChI is InChI=1S/C7H12FNO/c1-9-4-2-7(8,6-10)3-5-9/h6H,2-5H2,1H3. The van der Waals surface area contributed by atoms with E-state index in [1.54, 1.807) is 0 Å². The van der Waals surface area contributed by atoms with Crippen molar-refractivity contribution in [2.45, 2.75) is 18.5 Å². The van der Waals surface area contributed by atoms with Crippen LogP contribution in [0.1, 0.15) is 12.8 Å². The number of carbonyl (C=O) groups is 1. The van der Waals surface area contributed by atoms with Gasteiger partial charge in [-0.25, -0.2) is 4.39 Å². The highest BCUT2D eigenvalue weighted by Crippen LogP contribution is 2.22. The highest BCUT2D eigenvalue weighted by Gasteiger charge is 2.32. The summed E-state index contributed by atoms with van der Waals surface area (Å²) in [7, 11) is 1.93. The summed E-state index contributed by atoms with van der Waals surface area (Å²) in [5.41, 5.74) is -1.52. The molecular weight excluding hydrogens is 133 g/mol. The van der Waals surface area contributed by atoms with Crippen LogP contribution in [0.2, 0.25) is 0 Å². The van der Waals surface area contributed by atoms with Crippen molar-refractivity contribution >= 4 is 6.29 Å². The Hall–Kier alpha value is -0.440. The van der Waals surface area contributed by atoms with Gasteiger partial charge in [-0.05, 0) is 7.05 Å². The molecule has 0 amide bonds. The van der Waals surface area contributed by atoms with Gasteiger partial charge in [-0.15, -0.1) is 0 Å². The number of rotatable bonds is 1. The van der Waals surface area contributed by atoms with E-state index >= 15 is 0 Å². The minimum absolute atomic E-state index is 0.354. The minimum atomic E-state index is -1.52. The average molecular weight is 145 g/mol. The molecule has 0 spiro atoms. The van der Waals surface area contributed by atoms with Crippen LogP contribution in [0, 0.1) is 0 Å². The summed E-state index contributed by atoms with van der Waals surface area (Å²) in [6, 6.07) is 0. The van der Waals surface area contributed by atoms with Crippen LogP contribution in [-0.2, 0) is 4.79 Å². The third-order valence-corrected chi connectivity index (χ3v) is 2.03. The Morgan fingerprint density at radius 3 is 2.40 bits per heavy atom. The number of halogens is 1. The molecule has 0 atom stereocenters. The molecule has 0 unspecified atom stereocenters. The summed E-state index contributed by atoms with van der Waals surface area (Å²) in [4.78, 5) is 12.2. The molecule has 0 aromatic heterocycles. The molecule has 0 N–H and O–H groups in total. The highest BCUT2D eigenvalue weighted by atomic mass is 19.1. The molecule has 3 heteroatoms. The second kappa shape index (κ2) is 2.66. The van der Waals surface area contributed by atoms with Gasteiger partial charge in [0.1, 0.15) is 0 Å². The van der Waals surface area contributed by atoms with Gasteiger partial charge in [0.25, 0.3) is 0 Å². The SMILES string of the molecule is CN1CCC(F)(C=O)CC1. The molecule has 1 fully saturated rings. The quantitative estimate of drug-likeness (QED) is 0.504. The summed E-state index contributed by atoms with van der Waals surface area (Å²) in [5.74, 6) is 0. The van der Waals surface area contributed by atoms with Gasteiger partial charge in [0, 0.05) is 25.9 Å². The van der Waals surface area contributed by atoms with Crippen LogP contribution < -0.4 is 0 Å². The van der Waals surface area contributed by atoms with Crippen LogP contribution >= 0.6 is 0 Å². The van der Waals surface area contributed by atoms with Crippen molar-refractivity contribution in [1.82, 2.24) is 4.90 Å². The Kier molecular flexibility index (Phi) is 2.04. The van der Waals surface area contributed by atoms with Crippen molar-refractivity contribution in [3.63, 3.8) is 0 Å². The Labute approximate surface area is 60.0 Å². The number of hydrogen-bond acceptors (Lipinski definition) is 2. The molecule has 1 saturated heterocycles. The van der Waals surface area contributed by atoms with Crippen LogP contribution in [0.3, 0.4) is 0 Å². The van der Waals surface area contributed by atoms with Crippen LogP contribution in [0.25, 0.3) is 0 Å². The topological polar surface area (TPSA) is 20.3 Å². The Balaban J connectivity index is 2.46. The van der Waals surface area contributed by atoms with E-state index in [4.69, 9.17) is 0 Å². The second-order valence-electron chi connectivity index (χ2n) is 2.96. The molecule has 0 aromatic rings. The van der Waals surface area contributed by atoms with Gasteiger partial charge in [-0.1, -0.05) is 0 Å². The van der Waals surface area contributed by atoms with Crippen molar-refractivity contribution in [2.24, 2.45) is 0 Å². The number of carbonyl (C=O) groups excluding carboxylic acids is 1. The molecule has 1 heterocycles. The molecule has 0 aliphatic carbocycles. The van der Waals surface area contributed by atoms with E-state index in [1.807, 2.05) is 11.9 Å². The molecule has 1 rings (SSSR count). The van der Waals surface area contributed by atoms with E-state index in [-0.39, 0.29) is 0 Å². The lowest BCUT2D eigenvalue weighted by molar-refractivity contribution is -0.120. The Morgan fingerprint density at radius 1 is 1.50 bits per heavy atom. The zero-order valence-corrected chi connectivity index (χ0v) is 6.14. The predicted molar refractivity (Wildman–Crippen MR) is 36.6 cm³/mol. The number of alkyl halides is 1. The largest absolute Gasteiger partial charge is 0.306 e. The smallest absolute Gasteiger partial charge is 0.168 e.